The molecule has 1 aromatic rings. The summed E-state index contributed by atoms with van der Waals surface area (Å²) < 4.78 is 5.61. The van der Waals surface area contributed by atoms with Gasteiger partial charge in [0, 0.05) is 17.4 Å². The number of hydrogen-bond acceptors (Lipinski definition) is 5. The fourth-order valence-corrected chi connectivity index (χ4v) is 5.57. The van der Waals surface area contributed by atoms with Crippen LogP contribution in [0.1, 0.15) is 55.3 Å². The molecule has 1 N–H and O–H groups in total. The van der Waals surface area contributed by atoms with E-state index in [0.29, 0.717) is 12.1 Å². The molecule has 3 aliphatic rings. The summed E-state index contributed by atoms with van der Waals surface area (Å²) in [6.07, 6.45) is 6.81. The smallest absolute Gasteiger partial charge is 0.251 e. The van der Waals surface area contributed by atoms with Crippen molar-refractivity contribution in [3.8, 4) is 0 Å². The number of Topliss-reactive ketones (excluding diaryl/α,β-unsaturated/α-hetero) is 1. The number of nitrogens with one attached hydrogen (secondary N) is 1. The maximum absolute atomic E-state index is 13.7. The molecule has 30 heavy (non-hydrogen) atoms. The van der Waals surface area contributed by atoms with Gasteiger partial charge in [0.05, 0.1) is 6.10 Å². The molecule has 4 atom stereocenters. The van der Waals surface area contributed by atoms with Gasteiger partial charge in [-0.3, -0.25) is 14.4 Å². The van der Waals surface area contributed by atoms with Crippen molar-refractivity contribution in [1.29, 1.82) is 0 Å². The van der Waals surface area contributed by atoms with Gasteiger partial charge in [0.25, 0.3) is 5.91 Å². The second-order valence-corrected chi connectivity index (χ2v) is 9.24. The van der Waals surface area contributed by atoms with Crippen molar-refractivity contribution in [3.63, 3.8) is 0 Å². The predicted octanol–water partition coefficient (Wildman–Crippen LogP) is 2.62. The third-order valence-electron chi connectivity index (χ3n) is 6.69. The SMILES string of the molecule is O=C(N[C@H](C(=O)N1CCC[C@H]2OCC(=O)[C@H]21)[C@H](S)C1CCCCC1)c1ccccc1. The number of piperidine rings is 1. The predicted molar refractivity (Wildman–Crippen MR) is 117 cm³/mol. The van der Waals surface area contributed by atoms with Crippen LogP contribution in [0.2, 0.25) is 0 Å². The highest BCUT2D eigenvalue weighted by atomic mass is 32.1. The van der Waals surface area contributed by atoms with Crippen molar-refractivity contribution in [2.24, 2.45) is 5.92 Å². The molecule has 6 nitrogen and oxygen atoms in total. The van der Waals surface area contributed by atoms with Crippen LogP contribution in [0.15, 0.2) is 30.3 Å². The third kappa shape index (κ3) is 4.42. The fraction of sp³-hybridized carbons (Fsp3) is 0.609. The van der Waals surface area contributed by atoms with Crippen molar-refractivity contribution in [2.75, 3.05) is 13.2 Å². The molecule has 2 amide bonds. The Morgan fingerprint density at radius 3 is 2.53 bits per heavy atom. The first-order valence-corrected chi connectivity index (χ1v) is 11.6. The number of thiol groups is 1. The lowest BCUT2D eigenvalue weighted by Crippen LogP contribution is -2.60. The molecule has 3 fully saturated rings. The van der Waals surface area contributed by atoms with Gasteiger partial charge < -0.3 is 15.0 Å². The van der Waals surface area contributed by atoms with E-state index in [1.54, 1.807) is 29.2 Å². The summed E-state index contributed by atoms with van der Waals surface area (Å²) in [5, 5.41) is 2.67. The Kier molecular flexibility index (Phi) is 6.78. The molecule has 2 saturated heterocycles. The summed E-state index contributed by atoms with van der Waals surface area (Å²) in [6, 6.07) is 7.61. The van der Waals surface area contributed by atoms with Crippen LogP contribution in [-0.4, -0.2) is 59.1 Å². The molecular formula is C23H30N2O4S. The zero-order chi connectivity index (χ0) is 21.1. The molecular weight excluding hydrogens is 400 g/mol. The van der Waals surface area contributed by atoms with E-state index in [9.17, 15) is 14.4 Å². The van der Waals surface area contributed by atoms with E-state index >= 15 is 0 Å². The Hall–Kier alpha value is -1.86. The number of fused-ring (bicyclic) bond motifs is 1. The standard InChI is InChI=1S/C23H30N2O4S/c26-17-14-29-18-12-7-13-25(20(17)18)23(28)19(21(30)15-8-3-1-4-9-15)24-22(27)16-10-5-2-6-11-16/h2,5-6,10-11,15,18-21,30H,1,3-4,7-9,12-14H2,(H,24,27)/t18-,19+,20-,21-/m1/s1. The lowest BCUT2D eigenvalue weighted by molar-refractivity contribution is -0.142. The van der Waals surface area contributed by atoms with Crippen molar-refractivity contribution in [3.05, 3.63) is 35.9 Å². The minimum Gasteiger partial charge on any atom is -0.368 e. The second kappa shape index (κ2) is 9.52. The van der Waals surface area contributed by atoms with Crippen LogP contribution >= 0.6 is 12.6 Å². The van der Waals surface area contributed by atoms with E-state index in [4.69, 9.17) is 17.4 Å². The average molecular weight is 431 g/mol. The van der Waals surface area contributed by atoms with Crippen LogP contribution < -0.4 is 5.32 Å². The first kappa shape index (κ1) is 21.4. The lowest BCUT2D eigenvalue weighted by atomic mass is 9.83. The van der Waals surface area contributed by atoms with Gasteiger partial charge in [-0.1, -0.05) is 37.5 Å². The number of amides is 2. The number of ether oxygens (including phenoxy) is 1. The van der Waals surface area contributed by atoms with Gasteiger partial charge in [-0.2, -0.15) is 12.6 Å². The molecule has 7 heteroatoms. The third-order valence-corrected chi connectivity index (χ3v) is 7.41. The highest BCUT2D eigenvalue weighted by molar-refractivity contribution is 7.81. The number of ketones is 1. The topological polar surface area (TPSA) is 75.7 Å². The van der Waals surface area contributed by atoms with Gasteiger partial charge in [0.2, 0.25) is 5.91 Å². The Morgan fingerprint density at radius 1 is 1.07 bits per heavy atom. The molecule has 0 unspecified atom stereocenters. The zero-order valence-corrected chi connectivity index (χ0v) is 18.1. The quantitative estimate of drug-likeness (QED) is 0.704. The molecule has 2 heterocycles. The van der Waals surface area contributed by atoms with E-state index in [-0.39, 0.29) is 41.5 Å². The maximum atomic E-state index is 13.7. The number of hydrogen-bond donors (Lipinski definition) is 2. The summed E-state index contributed by atoms with van der Waals surface area (Å²) in [5.41, 5.74) is 0.510. The summed E-state index contributed by atoms with van der Waals surface area (Å²) in [7, 11) is 0. The van der Waals surface area contributed by atoms with E-state index < -0.39 is 12.1 Å². The summed E-state index contributed by atoms with van der Waals surface area (Å²) in [6.45, 7) is 0.574. The van der Waals surface area contributed by atoms with Crippen LogP contribution in [-0.2, 0) is 14.3 Å². The molecule has 0 spiro atoms. The first-order valence-electron chi connectivity index (χ1n) is 11.0. The van der Waals surface area contributed by atoms with Crippen LogP contribution in [0.4, 0.5) is 0 Å². The lowest BCUT2D eigenvalue weighted by Gasteiger charge is -2.40. The molecule has 0 bridgehead atoms. The number of carbonyl (C=O) groups is 3. The maximum Gasteiger partial charge on any atom is 0.251 e. The van der Waals surface area contributed by atoms with E-state index in [1.807, 2.05) is 6.07 Å². The Morgan fingerprint density at radius 2 is 1.80 bits per heavy atom. The molecule has 162 valence electrons. The first-order chi connectivity index (χ1) is 14.6. The molecule has 4 rings (SSSR count). The molecule has 0 aromatic heterocycles. The Bertz CT molecular complexity index is 781. The van der Waals surface area contributed by atoms with Gasteiger partial charge in [0.1, 0.15) is 18.7 Å². The largest absolute Gasteiger partial charge is 0.368 e. The highest BCUT2D eigenvalue weighted by Gasteiger charge is 2.47. The molecule has 2 aliphatic heterocycles. The van der Waals surface area contributed by atoms with Gasteiger partial charge in [-0.25, -0.2) is 0 Å². The van der Waals surface area contributed by atoms with Gasteiger partial charge >= 0.3 is 0 Å². The molecule has 1 aromatic carbocycles. The Labute approximate surface area is 183 Å². The van der Waals surface area contributed by atoms with Crippen molar-refractivity contribution in [2.45, 2.75) is 68.4 Å². The number of likely N-dealkylation sites (tertiary alicyclic amines) is 1. The zero-order valence-electron chi connectivity index (χ0n) is 17.2. The van der Waals surface area contributed by atoms with Gasteiger partial charge in [-0.05, 0) is 43.7 Å². The number of benzene rings is 1. The summed E-state index contributed by atoms with van der Waals surface area (Å²) in [4.78, 5) is 40.7. The van der Waals surface area contributed by atoms with E-state index in [1.165, 1.54) is 6.42 Å². The normalized spacial score (nSPS) is 26.7. The van der Waals surface area contributed by atoms with Crippen LogP contribution in [0.3, 0.4) is 0 Å². The summed E-state index contributed by atoms with van der Waals surface area (Å²) >= 11 is 4.86. The molecule has 1 saturated carbocycles. The van der Waals surface area contributed by atoms with Crippen LogP contribution in [0.25, 0.3) is 0 Å². The van der Waals surface area contributed by atoms with Crippen molar-refractivity contribution >= 4 is 30.2 Å². The van der Waals surface area contributed by atoms with Gasteiger partial charge in [0.15, 0.2) is 5.78 Å². The second-order valence-electron chi connectivity index (χ2n) is 8.64. The molecule has 0 radical (unpaired) electrons. The minimum absolute atomic E-state index is 0.0467. The average Bonchev–Trinajstić information content (AvgIpc) is 3.18. The van der Waals surface area contributed by atoms with E-state index in [2.05, 4.69) is 5.32 Å². The number of rotatable bonds is 5. The van der Waals surface area contributed by atoms with Crippen LogP contribution in [0, 0.1) is 5.92 Å². The number of carbonyl (C=O) groups excluding carboxylic acids is 3. The number of nitrogens with zero attached hydrogens (tertiary/aromatic N) is 1. The highest BCUT2D eigenvalue weighted by Crippen LogP contribution is 2.33. The molecule has 1 aliphatic carbocycles. The minimum atomic E-state index is -0.767. The van der Waals surface area contributed by atoms with E-state index in [0.717, 1.165) is 38.5 Å². The Balaban J connectivity index is 1.57. The monoisotopic (exact) mass is 430 g/mol. The van der Waals surface area contributed by atoms with Crippen molar-refractivity contribution < 1.29 is 19.1 Å². The van der Waals surface area contributed by atoms with Crippen LogP contribution in [0.5, 0.6) is 0 Å². The van der Waals surface area contributed by atoms with Gasteiger partial charge in [-0.15, -0.1) is 0 Å². The summed E-state index contributed by atoms with van der Waals surface area (Å²) in [5.74, 6) is -0.275. The fourth-order valence-electron chi connectivity index (χ4n) is 5.07. The van der Waals surface area contributed by atoms with Crippen molar-refractivity contribution in [1.82, 2.24) is 10.2 Å².